The van der Waals surface area contributed by atoms with Crippen molar-refractivity contribution in [3.8, 4) is 0 Å². The van der Waals surface area contributed by atoms with E-state index < -0.39 is 27.9 Å². The SMILES string of the molecule is NCC(N)C(=O)NC1CCC(C(F)(F)c2cc(Cl)nc(N3CCN(S(=O)(=O)c4ccc(N5C[C@H](N)CC5=O)cc4)CC3)c2)CC1. The molecule has 0 bridgehead atoms. The van der Waals surface area contributed by atoms with Crippen molar-refractivity contribution in [2.45, 2.75) is 61.0 Å². The molecule has 2 aromatic rings. The molecule has 45 heavy (non-hydrogen) atoms. The summed E-state index contributed by atoms with van der Waals surface area (Å²) in [5.74, 6) is -4.37. The number of nitrogens with zero attached hydrogens (tertiary/aromatic N) is 4. The number of alkyl halides is 2. The van der Waals surface area contributed by atoms with Crippen molar-refractivity contribution in [1.82, 2.24) is 14.6 Å². The van der Waals surface area contributed by atoms with Crippen molar-refractivity contribution in [3.63, 3.8) is 0 Å². The second kappa shape index (κ2) is 13.4. The van der Waals surface area contributed by atoms with E-state index in [1.807, 2.05) is 0 Å². The van der Waals surface area contributed by atoms with Gasteiger partial charge in [-0.3, -0.25) is 9.59 Å². The lowest BCUT2D eigenvalue weighted by Gasteiger charge is -2.36. The lowest BCUT2D eigenvalue weighted by Crippen LogP contribution is -2.50. The van der Waals surface area contributed by atoms with Gasteiger partial charge in [0, 0.05) is 74.9 Å². The molecule has 1 aliphatic carbocycles. The van der Waals surface area contributed by atoms with Gasteiger partial charge in [0.1, 0.15) is 11.0 Å². The van der Waals surface area contributed by atoms with Crippen molar-refractivity contribution in [1.29, 1.82) is 0 Å². The Morgan fingerprint density at radius 2 is 1.73 bits per heavy atom. The smallest absolute Gasteiger partial charge is 0.276 e. The van der Waals surface area contributed by atoms with Gasteiger partial charge in [0.25, 0.3) is 5.92 Å². The van der Waals surface area contributed by atoms with Crippen LogP contribution in [0.25, 0.3) is 0 Å². The van der Waals surface area contributed by atoms with Crippen molar-refractivity contribution in [2.24, 2.45) is 23.1 Å². The first kappa shape index (κ1) is 33.4. The molecule has 1 saturated carbocycles. The number of nitrogens with one attached hydrogen (secondary N) is 1. The van der Waals surface area contributed by atoms with E-state index in [4.69, 9.17) is 28.8 Å². The number of carbonyl (C=O) groups excluding carboxylic acids is 2. The Morgan fingerprint density at radius 1 is 1.09 bits per heavy atom. The van der Waals surface area contributed by atoms with Crippen LogP contribution in [0.3, 0.4) is 0 Å². The molecule has 3 heterocycles. The Kier molecular flexibility index (Phi) is 9.96. The zero-order valence-corrected chi connectivity index (χ0v) is 26.3. The van der Waals surface area contributed by atoms with E-state index in [0.29, 0.717) is 25.1 Å². The molecule has 0 spiro atoms. The predicted molar refractivity (Wildman–Crippen MR) is 166 cm³/mol. The van der Waals surface area contributed by atoms with Crippen LogP contribution in [0.1, 0.15) is 37.7 Å². The lowest BCUT2D eigenvalue weighted by atomic mass is 9.80. The number of amides is 2. The average molecular weight is 669 g/mol. The normalized spacial score (nSPS) is 24.1. The summed E-state index contributed by atoms with van der Waals surface area (Å²) in [5.41, 5.74) is 17.3. The van der Waals surface area contributed by atoms with Crippen LogP contribution in [-0.4, -0.2) is 86.9 Å². The maximum absolute atomic E-state index is 15.8. The molecule has 5 rings (SSSR count). The maximum Gasteiger partial charge on any atom is 0.276 e. The van der Waals surface area contributed by atoms with E-state index in [0.717, 1.165) is 0 Å². The molecular formula is C29H39ClF2N8O4S. The summed E-state index contributed by atoms with van der Waals surface area (Å²) >= 11 is 6.22. The van der Waals surface area contributed by atoms with Gasteiger partial charge in [-0.2, -0.15) is 4.31 Å². The molecule has 3 fully saturated rings. The molecule has 12 nitrogen and oxygen atoms in total. The number of nitrogens with two attached hydrogens (primary N) is 3. The standard InChI is InChI=1S/C29H39ClF2N8O4S/c30-25-13-19(29(31,32)18-1-3-21(4-2-18)36-28(42)24(35)16-33)14-26(37-25)38-9-11-39(12-10-38)45(43,44)23-7-5-22(6-8-23)40-17-20(34)15-27(40)41/h5-8,13-14,18,20-21,24H,1-4,9-12,15-17,33-35H2,(H,36,42)/t18?,20-,21?,24?/m1/s1. The minimum atomic E-state index is -3.83. The van der Waals surface area contributed by atoms with Gasteiger partial charge < -0.3 is 32.3 Å². The van der Waals surface area contributed by atoms with Crippen LogP contribution >= 0.6 is 11.6 Å². The summed E-state index contributed by atoms with van der Waals surface area (Å²) in [6.45, 7) is 1.07. The maximum atomic E-state index is 15.8. The number of benzene rings is 1. The van der Waals surface area contributed by atoms with Crippen molar-refractivity contribution < 1.29 is 26.8 Å². The summed E-state index contributed by atoms with van der Waals surface area (Å²) in [7, 11) is -3.83. The molecule has 16 heteroatoms. The third-order valence-electron chi connectivity index (χ3n) is 8.85. The first-order valence-electron chi connectivity index (χ1n) is 15.0. The van der Waals surface area contributed by atoms with Gasteiger partial charge in [-0.25, -0.2) is 22.2 Å². The van der Waals surface area contributed by atoms with Crippen LogP contribution in [0.2, 0.25) is 5.15 Å². The van der Waals surface area contributed by atoms with Gasteiger partial charge in [-0.1, -0.05) is 11.6 Å². The van der Waals surface area contributed by atoms with Gasteiger partial charge in [-0.05, 0) is 62.1 Å². The van der Waals surface area contributed by atoms with Gasteiger partial charge in [-0.15, -0.1) is 0 Å². The lowest BCUT2D eigenvalue weighted by molar-refractivity contribution is -0.123. The molecular weight excluding hydrogens is 630 g/mol. The largest absolute Gasteiger partial charge is 0.354 e. The minimum Gasteiger partial charge on any atom is -0.354 e. The highest BCUT2D eigenvalue weighted by molar-refractivity contribution is 7.89. The third kappa shape index (κ3) is 7.23. The molecule has 1 unspecified atom stereocenters. The number of piperazine rings is 1. The third-order valence-corrected chi connectivity index (χ3v) is 11.0. The topological polar surface area (TPSA) is 181 Å². The van der Waals surface area contributed by atoms with E-state index >= 15 is 8.78 Å². The van der Waals surface area contributed by atoms with Crippen LogP contribution in [0, 0.1) is 5.92 Å². The van der Waals surface area contributed by atoms with E-state index in [1.165, 1.54) is 28.6 Å². The van der Waals surface area contributed by atoms with Crippen molar-refractivity contribution >= 4 is 44.9 Å². The summed E-state index contributed by atoms with van der Waals surface area (Å²) < 4.78 is 59.6. The van der Waals surface area contributed by atoms with Gasteiger partial charge in [0.2, 0.25) is 21.8 Å². The fraction of sp³-hybridized carbons (Fsp3) is 0.552. The second-order valence-corrected chi connectivity index (χ2v) is 14.2. The minimum absolute atomic E-state index is 0.00229. The van der Waals surface area contributed by atoms with Crippen molar-refractivity contribution in [3.05, 3.63) is 47.1 Å². The fourth-order valence-corrected chi connectivity index (χ4v) is 7.80. The number of hydrogen-bond acceptors (Lipinski definition) is 9. The Morgan fingerprint density at radius 3 is 2.31 bits per heavy atom. The quantitative estimate of drug-likeness (QED) is 0.287. The molecule has 7 N–H and O–H groups in total. The van der Waals surface area contributed by atoms with Crippen LogP contribution in [0.4, 0.5) is 20.3 Å². The number of rotatable bonds is 9. The number of anilines is 2. The first-order chi connectivity index (χ1) is 21.3. The molecule has 2 saturated heterocycles. The zero-order valence-electron chi connectivity index (χ0n) is 24.7. The molecule has 2 aliphatic heterocycles. The van der Waals surface area contributed by atoms with E-state index in [1.54, 1.807) is 21.9 Å². The zero-order chi connectivity index (χ0) is 32.5. The number of hydrogen-bond donors (Lipinski definition) is 4. The summed E-state index contributed by atoms with van der Waals surface area (Å²) in [6.07, 6.45) is 1.42. The van der Waals surface area contributed by atoms with Crippen LogP contribution in [0.15, 0.2) is 41.3 Å². The Labute approximate surface area is 266 Å². The second-order valence-electron chi connectivity index (χ2n) is 11.9. The molecule has 246 valence electrons. The summed E-state index contributed by atoms with van der Waals surface area (Å²) in [6, 6.07) is 7.31. The van der Waals surface area contributed by atoms with Gasteiger partial charge in [0.15, 0.2) is 0 Å². The monoisotopic (exact) mass is 668 g/mol. The van der Waals surface area contributed by atoms with Crippen LogP contribution in [0.5, 0.6) is 0 Å². The molecule has 2 amide bonds. The molecule has 2 atom stereocenters. The number of aromatic nitrogens is 1. The number of sulfonamides is 1. The highest BCUT2D eigenvalue weighted by Gasteiger charge is 2.44. The Balaban J connectivity index is 1.21. The van der Waals surface area contributed by atoms with E-state index in [-0.39, 0.29) is 97.3 Å². The number of carbonyl (C=O) groups is 2. The Hall–Kier alpha value is -2.95. The van der Waals surface area contributed by atoms with Crippen LogP contribution < -0.4 is 32.3 Å². The summed E-state index contributed by atoms with van der Waals surface area (Å²) in [4.78, 5) is 31.9. The molecule has 0 radical (unpaired) electrons. The predicted octanol–water partition coefficient (Wildman–Crippen LogP) is 1.36. The van der Waals surface area contributed by atoms with Gasteiger partial charge in [0.05, 0.1) is 10.9 Å². The highest BCUT2D eigenvalue weighted by atomic mass is 35.5. The number of halogens is 3. The van der Waals surface area contributed by atoms with Crippen LogP contribution in [-0.2, 0) is 25.5 Å². The van der Waals surface area contributed by atoms with Gasteiger partial charge >= 0.3 is 0 Å². The average Bonchev–Trinajstić information content (AvgIpc) is 3.38. The molecule has 1 aromatic carbocycles. The highest BCUT2D eigenvalue weighted by Crippen LogP contribution is 2.45. The van der Waals surface area contributed by atoms with Crippen molar-refractivity contribution in [2.75, 3.05) is 49.1 Å². The van der Waals surface area contributed by atoms with E-state index in [9.17, 15) is 18.0 Å². The molecule has 1 aromatic heterocycles. The Bertz CT molecular complexity index is 1500. The number of pyridine rings is 1. The van der Waals surface area contributed by atoms with E-state index in [2.05, 4.69) is 10.3 Å². The first-order valence-corrected chi connectivity index (χ1v) is 16.8. The summed E-state index contributed by atoms with van der Waals surface area (Å²) in [5, 5.41) is 2.71. The molecule has 3 aliphatic rings. The fourth-order valence-electron chi connectivity index (χ4n) is 6.18.